The molecule has 0 bridgehead atoms. The van der Waals surface area contributed by atoms with E-state index in [0.29, 0.717) is 6.54 Å². The molecule has 2 aliphatic rings. The lowest BCUT2D eigenvalue weighted by atomic mass is 9.85. The van der Waals surface area contributed by atoms with Gasteiger partial charge in [0.2, 0.25) is 0 Å². The molecule has 0 aromatic rings. The number of hydrogen-bond acceptors (Lipinski definition) is 2. The van der Waals surface area contributed by atoms with Gasteiger partial charge in [-0.25, -0.2) is 0 Å². The molecular formula is C11H20N4. The number of hydrogen-bond donors (Lipinski definition) is 0. The molecule has 2 atom stereocenters. The van der Waals surface area contributed by atoms with Gasteiger partial charge in [0.15, 0.2) is 0 Å². The van der Waals surface area contributed by atoms with Gasteiger partial charge >= 0.3 is 0 Å². The van der Waals surface area contributed by atoms with Gasteiger partial charge < -0.3 is 4.90 Å². The molecule has 1 aliphatic heterocycles. The van der Waals surface area contributed by atoms with Gasteiger partial charge in [-0.1, -0.05) is 18.0 Å². The summed E-state index contributed by atoms with van der Waals surface area (Å²) in [6.07, 6.45) is 8.10. The van der Waals surface area contributed by atoms with Gasteiger partial charge in [-0.3, -0.25) is 0 Å². The van der Waals surface area contributed by atoms with Gasteiger partial charge in [0.25, 0.3) is 0 Å². The quantitative estimate of drug-likeness (QED) is 0.303. The smallest absolute Gasteiger partial charge is 0.0270 e. The Balaban J connectivity index is 1.75. The van der Waals surface area contributed by atoms with Crippen molar-refractivity contribution < 1.29 is 0 Å². The predicted molar refractivity (Wildman–Crippen MR) is 60.6 cm³/mol. The van der Waals surface area contributed by atoms with Crippen LogP contribution >= 0.6 is 0 Å². The third-order valence-corrected chi connectivity index (χ3v) is 3.89. The second kappa shape index (κ2) is 5.38. The normalized spacial score (nSPS) is 30.9. The summed E-state index contributed by atoms with van der Waals surface area (Å²) in [5.74, 6) is 0.971. The topological polar surface area (TPSA) is 52.0 Å². The summed E-state index contributed by atoms with van der Waals surface area (Å²) in [5, 5.41) is 3.59. The van der Waals surface area contributed by atoms with Crippen LogP contribution in [0.25, 0.3) is 10.4 Å². The van der Waals surface area contributed by atoms with Crippen molar-refractivity contribution in [3.63, 3.8) is 0 Å². The largest absolute Gasteiger partial charge is 0.300 e. The van der Waals surface area contributed by atoms with Crippen LogP contribution in [0.5, 0.6) is 0 Å². The highest BCUT2D eigenvalue weighted by Gasteiger charge is 2.34. The van der Waals surface area contributed by atoms with E-state index in [1.807, 2.05) is 0 Å². The first-order chi connectivity index (χ1) is 7.42. The zero-order valence-corrected chi connectivity index (χ0v) is 9.31. The maximum Gasteiger partial charge on any atom is 0.0270 e. The number of fused-ring (bicyclic) bond motifs is 1. The lowest BCUT2D eigenvalue weighted by Gasteiger charge is -2.31. The first-order valence-electron chi connectivity index (χ1n) is 6.16. The standard InChI is InChI=1S/C11H20N4/c12-14-13-7-3-8-15-9-6-10-4-1-2-5-11(10)15/h10-11H,1-9H2. The van der Waals surface area contributed by atoms with E-state index in [9.17, 15) is 0 Å². The summed E-state index contributed by atoms with van der Waals surface area (Å²) in [5.41, 5.74) is 8.19. The van der Waals surface area contributed by atoms with E-state index in [1.165, 1.54) is 38.6 Å². The second-order valence-electron chi connectivity index (χ2n) is 4.74. The molecule has 2 unspecified atom stereocenters. The summed E-state index contributed by atoms with van der Waals surface area (Å²) in [4.78, 5) is 5.41. The zero-order valence-electron chi connectivity index (χ0n) is 9.31. The second-order valence-corrected chi connectivity index (χ2v) is 4.74. The predicted octanol–water partition coefficient (Wildman–Crippen LogP) is 2.95. The van der Waals surface area contributed by atoms with Crippen LogP contribution in [0.2, 0.25) is 0 Å². The summed E-state index contributed by atoms with van der Waals surface area (Å²) in [6, 6.07) is 0.852. The van der Waals surface area contributed by atoms with Gasteiger partial charge in [-0.15, -0.1) is 0 Å². The van der Waals surface area contributed by atoms with Gasteiger partial charge in [0.1, 0.15) is 0 Å². The van der Waals surface area contributed by atoms with Crippen molar-refractivity contribution in [3.8, 4) is 0 Å². The van der Waals surface area contributed by atoms with Crippen LogP contribution in [-0.4, -0.2) is 30.6 Å². The van der Waals surface area contributed by atoms with Crippen molar-refractivity contribution in [2.45, 2.75) is 44.6 Å². The van der Waals surface area contributed by atoms with Crippen LogP contribution < -0.4 is 0 Å². The Bertz CT molecular complexity index is 247. The first-order valence-corrected chi connectivity index (χ1v) is 6.16. The lowest BCUT2D eigenvalue weighted by molar-refractivity contribution is 0.182. The lowest BCUT2D eigenvalue weighted by Crippen LogP contribution is -2.35. The number of nitrogens with zero attached hydrogens (tertiary/aromatic N) is 4. The Kier molecular flexibility index (Phi) is 3.87. The average molecular weight is 208 g/mol. The Morgan fingerprint density at radius 1 is 1.27 bits per heavy atom. The monoisotopic (exact) mass is 208 g/mol. The first kappa shape index (κ1) is 10.8. The third-order valence-electron chi connectivity index (χ3n) is 3.89. The third kappa shape index (κ3) is 2.64. The van der Waals surface area contributed by atoms with Crippen LogP contribution in [0.3, 0.4) is 0 Å². The molecule has 4 nitrogen and oxygen atoms in total. The van der Waals surface area contributed by atoms with Gasteiger partial charge in [0, 0.05) is 17.5 Å². The Morgan fingerprint density at radius 2 is 2.13 bits per heavy atom. The molecule has 0 radical (unpaired) electrons. The fraction of sp³-hybridized carbons (Fsp3) is 1.00. The van der Waals surface area contributed by atoms with E-state index >= 15 is 0 Å². The molecule has 4 heteroatoms. The highest BCUT2D eigenvalue weighted by atomic mass is 15.2. The molecule has 84 valence electrons. The van der Waals surface area contributed by atoms with Crippen molar-refractivity contribution in [1.82, 2.24) is 4.90 Å². The molecule has 0 spiro atoms. The summed E-state index contributed by atoms with van der Waals surface area (Å²) in [7, 11) is 0. The minimum atomic E-state index is 0.657. The van der Waals surface area contributed by atoms with E-state index in [1.54, 1.807) is 0 Å². The van der Waals surface area contributed by atoms with Gasteiger partial charge in [-0.05, 0) is 50.2 Å². The molecule has 1 saturated heterocycles. The number of rotatable bonds is 4. The van der Waals surface area contributed by atoms with E-state index < -0.39 is 0 Å². The molecule has 15 heavy (non-hydrogen) atoms. The highest BCUT2D eigenvalue weighted by Crippen LogP contribution is 2.35. The van der Waals surface area contributed by atoms with E-state index in [0.717, 1.165) is 24.9 Å². The molecule has 0 aromatic heterocycles. The minimum absolute atomic E-state index is 0.657. The molecule has 1 aliphatic carbocycles. The Morgan fingerprint density at radius 3 is 3.00 bits per heavy atom. The van der Waals surface area contributed by atoms with Crippen LogP contribution in [0.1, 0.15) is 38.5 Å². The fourth-order valence-corrected chi connectivity index (χ4v) is 3.17. The minimum Gasteiger partial charge on any atom is -0.300 e. The van der Waals surface area contributed by atoms with Crippen molar-refractivity contribution in [3.05, 3.63) is 10.4 Å². The van der Waals surface area contributed by atoms with Crippen molar-refractivity contribution in [2.24, 2.45) is 11.0 Å². The van der Waals surface area contributed by atoms with Crippen LogP contribution in [0.4, 0.5) is 0 Å². The molecule has 1 heterocycles. The van der Waals surface area contributed by atoms with E-state index in [-0.39, 0.29) is 0 Å². The fourth-order valence-electron chi connectivity index (χ4n) is 3.17. The van der Waals surface area contributed by atoms with Crippen LogP contribution in [-0.2, 0) is 0 Å². The summed E-state index contributed by atoms with van der Waals surface area (Å²) in [6.45, 7) is 3.05. The summed E-state index contributed by atoms with van der Waals surface area (Å²) >= 11 is 0. The van der Waals surface area contributed by atoms with Crippen molar-refractivity contribution >= 4 is 0 Å². The molecule has 0 amide bonds. The van der Waals surface area contributed by atoms with Crippen LogP contribution in [0, 0.1) is 5.92 Å². The van der Waals surface area contributed by atoms with Gasteiger partial charge in [0.05, 0.1) is 0 Å². The molecule has 0 aromatic carbocycles. The SMILES string of the molecule is [N-]=[N+]=NCCCN1CCC2CCCCC21. The molecule has 2 rings (SSSR count). The number of likely N-dealkylation sites (tertiary alicyclic amines) is 1. The molecule has 0 N–H and O–H groups in total. The van der Waals surface area contributed by atoms with E-state index in [4.69, 9.17) is 5.53 Å². The number of azide groups is 1. The van der Waals surface area contributed by atoms with E-state index in [2.05, 4.69) is 14.9 Å². The summed E-state index contributed by atoms with van der Waals surface area (Å²) < 4.78 is 0. The molecule has 2 fully saturated rings. The molecular weight excluding hydrogens is 188 g/mol. The molecule has 1 saturated carbocycles. The van der Waals surface area contributed by atoms with Crippen molar-refractivity contribution in [2.75, 3.05) is 19.6 Å². The highest BCUT2D eigenvalue weighted by molar-refractivity contribution is 4.89. The maximum absolute atomic E-state index is 8.19. The van der Waals surface area contributed by atoms with Crippen LogP contribution in [0.15, 0.2) is 5.11 Å². The Hall–Kier alpha value is -0.730. The zero-order chi connectivity index (χ0) is 10.5. The van der Waals surface area contributed by atoms with Crippen molar-refractivity contribution in [1.29, 1.82) is 0 Å². The Labute approximate surface area is 91.3 Å². The van der Waals surface area contributed by atoms with Gasteiger partial charge in [-0.2, -0.15) is 0 Å². The maximum atomic E-state index is 8.19. The average Bonchev–Trinajstić information content (AvgIpc) is 2.68.